The van der Waals surface area contributed by atoms with Gasteiger partial charge in [-0.05, 0) is 57.1 Å². The van der Waals surface area contributed by atoms with Crippen molar-refractivity contribution in [2.75, 3.05) is 6.54 Å². The number of nitrogens with one attached hydrogen (secondary N) is 1. The van der Waals surface area contributed by atoms with Gasteiger partial charge in [-0.2, -0.15) is 0 Å². The quantitative estimate of drug-likeness (QED) is 0.877. The van der Waals surface area contributed by atoms with Crippen LogP contribution in [0.4, 0.5) is 0 Å². The molecule has 19 heavy (non-hydrogen) atoms. The van der Waals surface area contributed by atoms with Gasteiger partial charge in [-0.1, -0.05) is 17.7 Å². The number of hydrogen-bond donors (Lipinski definition) is 2. The number of rotatable bonds is 3. The second kappa shape index (κ2) is 6.20. The van der Waals surface area contributed by atoms with Crippen LogP contribution in [0.1, 0.15) is 47.2 Å². The van der Waals surface area contributed by atoms with Crippen molar-refractivity contribution >= 4 is 5.91 Å². The van der Waals surface area contributed by atoms with Crippen LogP contribution in [0.2, 0.25) is 0 Å². The van der Waals surface area contributed by atoms with Gasteiger partial charge in [0, 0.05) is 18.2 Å². The minimum atomic E-state index is 0.0485. The van der Waals surface area contributed by atoms with Crippen molar-refractivity contribution in [1.82, 2.24) is 5.32 Å². The number of carbonyl (C=O) groups is 1. The molecule has 3 N–H and O–H groups in total. The van der Waals surface area contributed by atoms with Gasteiger partial charge >= 0.3 is 0 Å². The fourth-order valence-corrected chi connectivity index (χ4v) is 2.79. The van der Waals surface area contributed by atoms with Gasteiger partial charge in [0.05, 0.1) is 0 Å². The first kappa shape index (κ1) is 14.1. The molecule has 1 aromatic rings. The Morgan fingerprint density at radius 2 is 1.95 bits per heavy atom. The van der Waals surface area contributed by atoms with Crippen LogP contribution in [-0.2, 0) is 0 Å². The van der Waals surface area contributed by atoms with E-state index in [-0.39, 0.29) is 5.91 Å². The van der Waals surface area contributed by atoms with Gasteiger partial charge in [-0.3, -0.25) is 4.79 Å². The maximum atomic E-state index is 12.1. The first-order chi connectivity index (χ1) is 9.06. The van der Waals surface area contributed by atoms with Gasteiger partial charge in [0.25, 0.3) is 5.91 Å². The van der Waals surface area contributed by atoms with Gasteiger partial charge in [0.1, 0.15) is 0 Å². The van der Waals surface area contributed by atoms with Crippen LogP contribution in [0, 0.1) is 19.8 Å². The van der Waals surface area contributed by atoms with Crippen molar-refractivity contribution in [2.24, 2.45) is 11.7 Å². The van der Waals surface area contributed by atoms with Gasteiger partial charge in [0.15, 0.2) is 0 Å². The molecule has 0 spiro atoms. The summed E-state index contributed by atoms with van der Waals surface area (Å²) in [5.74, 6) is 0.641. The average Bonchev–Trinajstić information content (AvgIpc) is 2.37. The third kappa shape index (κ3) is 3.80. The lowest BCUT2D eigenvalue weighted by Gasteiger charge is -2.26. The highest BCUT2D eigenvalue weighted by Crippen LogP contribution is 2.22. The Hall–Kier alpha value is -1.35. The zero-order chi connectivity index (χ0) is 13.8. The Balaban J connectivity index is 1.87. The highest BCUT2D eigenvalue weighted by Gasteiger charge is 2.19. The van der Waals surface area contributed by atoms with Gasteiger partial charge < -0.3 is 11.1 Å². The predicted octanol–water partition coefficient (Wildman–Crippen LogP) is 2.55. The summed E-state index contributed by atoms with van der Waals surface area (Å²) in [4.78, 5) is 12.1. The zero-order valence-electron chi connectivity index (χ0n) is 11.9. The average molecular weight is 260 g/mol. The molecule has 0 bridgehead atoms. The first-order valence-electron chi connectivity index (χ1n) is 7.17. The second-order valence-corrected chi connectivity index (χ2v) is 5.81. The molecule has 1 aromatic carbocycles. The highest BCUT2D eigenvalue weighted by atomic mass is 16.1. The SMILES string of the molecule is Cc1ccc(C(=O)NCC2CCC(N)CC2)c(C)c1. The van der Waals surface area contributed by atoms with Crippen molar-refractivity contribution in [2.45, 2.75) is 45.6 Å². The Morgan fingerprint density at radius 3 is 2.58 bits per heavy atom. The zero-order valence-corrected chi connectivity index (χ0v) is 11.9. The smallest absolute Gasteiger partial charge is 0.251 e. The van der Waals surface area contributed by atoms with Gasteiger partial charge in [-0.25, -0.2) is 0 Å². The summed E-state index contributed by atoms with van der Waals surface area (Å²) in [5.41, 5.74) is 8.92. The van der Waals surface area contributed by atoms with Crippen LogP contribution >= 0.6 is 0 Å². The Bertz CT molecular complexity index is 448. The molecule has 1 saturated carbocycles. The summed E-state index contributed by atoms with van der Waals surface area (Å²) in [6.07, 6.45) is 4.44. The lowest BCUT2D eigenvalue weighted by Crippen LogP contribution is -2.34. The molecule has 1 fully saturated rings. The van der Waals surface area contributed by atoms with Crippen LogP contribution in [0.15, 0.2) is 18.2 Å². The predicted molar refractivity (Wildman–Crippen MR) is 78.2 cm³/mol. The molecular formula is C16H24N2O. The molecule has 0 radical (unpaired) electrons. The molecule has 3 nitrogen and oxygen atoms in total. The first-order valence-corrected chi connectivity index (χ1v) is 7.17. The molecule has 0 saturated heterocycles. The molecule has 0 atom stereocenters. The highest BCUT2D eigenvalue weighted by molar-refractivity contribution is 5.95. The maximum absolute atomic E-state index is 12.1. The number of benzene rings is 1. The lowest BCUT2D eigenvalue weighted by atomic mass is 9.86. The number of hydrogen-bond acceptors (Lipinski definition) is 2. The molecule has 2 rings (SSSR count). The largest absolute Gasteiger partial charge is 0.352 e. The minimum absolute atomic E-state index is 0.0485. The van der Waals surface area contributed by atoms with Gasteiger partial charge in [0.2, 0.25) is 0 Å². The van der Waals surface area contributed by atoms with E-state index < -0.39 is 0 Å². The fraction of sp³-hybridized carbons (Fsp3) is 0.562. The maximum Gasteiger partial charge on any atom is 0.251 e. The van der Waals surface area contributed by atoms with E-state index in [1.807, 2.05) is 26.0 Å². The molecule has 0 aliphatic heterocycles. The van der Waals surface area contributed by atoms with Gasteiger partial charge in [-0.15, -0.1) is 0 Å². The third-order valence-corrected chi connectivity index (χ3v) is 4.07. The summed E-state index contributed by atoms with van der Waals surface area (Å²) in [7, 11) is 0. The lowest BCUT2D eigenvalue weighted by molar-refractivity contribution is 0.0942. The van der Waals surface area contributed by atoms with Crippen molar-refractivity contribution in [3.05, 3.63) is 34.9 Å². The molecule has 104 valence electrons. The van der Waals surface area contributed by atoms with Crippen molar-refractivity contribution < 1.29 is 4.79 Å². The normalized spacial score (nSPS) is 23.1. The van der Waals surface area contributed by atoms with Crippen LogP contribution in [0.5, 0.6) is 0 Å². The summed E-state index contributed by atoms with van der Waals surface area (Å²) in [5, 5.41) is 3.06. The Labute approximate surface area is 115 Å². The summed E-state index contributed by atoms with van der Waals surface area (Å²) < 4.78 is 0. The van der Waals surface area contributed by atoms with E-state index in [4.69, 9.17) is 5.73 Å². The van der Waals surface area contributed by atoms with E-state index in [1.54, 1.807) is 0 Å². The number of amides is 1. The summed E-state index contributed by atoms with van der Waals surface area (Å²) >= 11 is 0. The third-order valence-electron chi connectivity index (χ3n) is 4.07. The standard InChI is InChI=1S/C16H24N2O/c1-11-3-8-15(12(2)9-11)16(19)18-10-13-4-6-14(17)7-5-13/h3,8-9,13-14H,4-7,10,17H2,1-2H3,(H,18,19). The van der Waals surface area contributed by atoms with E-state index in [2.05, 4.69) is 11.4 Å². The number of carbonyl (C=O) groups excluding carboxylic acids is 1. The van der Waals surface area contributed by atoms with Crippen molar-refractivity contribution in [3.8, 4) is 0 Å². The Morgan fingerprint density at radius 1 is 1.26 bits per heavy atom. The molecule has 1 aliphatic carbocycles. The topological polar surface area (TPSA) is 55.1 Å². The number of aryl methyl sites for hydroxylation is 2. The van der Waals surface area contributed by atoms with E-state index in [1.165, 1.54) is 5.56 Å². The monoisotopic (exact) mass is 260 g/mol. The van der Waals surface area contributed by atoms with E-state index in [0.29, 0.717) is 12.0 Å². The van der Waals surface area contributed by atoms with E-state index >= 15 is 0 Å². The minimum Gasteiger partial charge on any atom is -0.352 e. The molecular weight excluding hydrogens is 236 g/mol. The van der Waals surface area contributed by atoms with Crippen LogP contribution in [-0.4, -0.2) is 18.5 Å². The van der Waals surface area contributed by atoms with E-state index in [0.717, 1.165) is 43.4 Å². The van der Waals surface area contributed by atoms with Crippen LogP contribution in [0.3, 0.4) is 0 Å². The molecule has 3 heteroatoms. The fourth-order valence-electron chi connectivity index (χ4n) is 2.79. The number of nitrogens with two attached hydrogens (primary N) is 1. The summed E-state index contributed by atoms with van der Waals surface area (Å²) in [6, 6.07) is 6.32. The molecule has 0 unspecified atom stereocenters. The second-order valence-electron chi connectivity index (χ2n) is 5.81. The molecule has 0 heterocycles. The van der Waals surface area contributed by atoms with Crippen molar-refractivity contribution in [1.29, 1.82) is 0 Å². The summed E-state index contributed by atoms with van der Waals surface area (Å²) in [6.45, 7) is 4.81. The van der Waals surface area contributed by atoms with Crippen LogP contribution < -0.4 is 11.1 Å². The molecule has 1 aliphatic rings. The molecule has 0 aromatic heterocycles. The van der Waals surface area contributed by atoms with E-state index in [9.17, 15) is 4.79 Å². The molecule has 1 amide bonds. The van der Waals surface area contributed by atoms with Crippen LogP contribution in [0.25, 0.3) is 0 Å². The van der Waals surface area contributed by atoms with Crippen molar-refractivity contribution in [3.63, 3.8) is 0 Å². The Kier molecular flexibility index (Phi) is 4.59.